The van der Waals surface area contributed by atoms with Crippen molar-refractivity contribution >= 4 is 0 Å². The summed E-state index contributed by atoms with van der Waals surface area (Å²) in [6, 6.07) is 0. The second-order valence-electron chi connectivity index (χ2n) is 5.91. The molecule has 1 spiro atoms. The van der Waals surface area contributed by atoms with Gasteiger partial charge in [0.15, 0.2) is 0 Å². The molecule has 0 bridgehead atoms. The van der Waals surface area contributed by atoms with Gasteiger partial charge in [-0.3, -0.25) is 0 Å². The maximum atomic E-state index is 9.92. The summed E-state index contributed by atoms with van der Waals surface area (Å²) in [5.41, 5.74) is 0.383. The van der Waals surface area contributed by atoms with Crippen LogP contribution in [0.15, 0.2) is 0 Å². The molecule has 14 heavy (non-hydrogen) atoms. The number of hydrogen-bond acceptors (Lipinski definition) is 2. The van der Waals surface area contributed by atoms with Gasteiger partial charge in [-0.15, -0.1) is 0 Å². The molecule has 0 aromatic rings. The smallest absolute Gasteiger partial charge is 0.0575 e. The third kappa shape index (κ3) is 2.12. The van der Waals surface area contributed by atoms with Crippen LogP contribution in [0, 0.1) is 0 Å². The molecule has 1 heterocycles. The lowest BCUT2D eigenvalue weighted by Crippen LogP contribution is -2.62. The first-order valence-electron chi connectivity index (χ1n) is 5.99. The van der Waals surface area contributed by atoms with Crippen LogP contribution in [0.2, 0.25) is 0 Å². The molecule has 0 amide bonds. The Balaban J connectivity index is 2.10. The van der Waals surface area contributed by atoms with E-state index >= 15 is 0 Å². The van der Waals surface area contributed by atoms with Gasteiger partial charge in [0.1, 0.15) is 0 Å². The first-order valence-corrected chi connectivity index (χ1v) is 5.99. The number of aliphatic hydroxyl groups excluding tert-OH is 1. The molecule has 82 valence electrons. The van der Waals surface area contributed by atoms with Gasteiger partial charge >= 0.3 is 0 Å². The highest BCUT2D eigenvalue weighted by Gasteiger charge is 2.43. The van der Waals surface area contributed by atoms with Crippen molar-refractivity contribution in [3.8, 4) is 0 Å². The van der Waals surface area contributed by atoms with E-state index in [4.69, 9.17) is 0 Å². The molecule has 2 fully saturated rings. The lowest BCUT2D eigenvalue weighted by molar-refractivity contribution is 0.00971. The van der Waals surface area contributed by atoms with E-state index in [-0.39, 0.29) is 17.2 Å². The monoisotopic (exact) mass is 197 g/mol. The predicted molar refractivity (Wildman–Crippen MR) is 58.3 cm³/mol. The average Bonchev–Trinajstić information content (AvgIpc) is 2.00. The van der Waals surface area contributed by atoms with Gasteiger partial charge in [0.25, 0.3) is 0 Å². The summed E-state index contributed by atoms with van der Waals surface area (Å²) in [4.78, 5) is 0. The van der Waals surface area contributed by atoms with Crippen molar-refractivity contribution in [3.63, 3.8) is 0 Å². The van der Waals surface area contributed by atoms with E-state index in [2.05, 4.69) is 19.2 Å². The zero-order chi connectivity index (χ0) is 10.2. The molecule has 1 aliphatic carbocycles. The van der Waals surface area contributed by atoms with Gasteiger partial charge in [0.2, 0.25) is 0 Å². The van der Waals surface area contributed by atoms with Gasteiger partial charge in [-0.05, 0) is 39.5 Å². The van der Waals surface area contributed by atoms with E-state index in [9.17, 15) is 5.11 Å². The van der Waals surface area contributed by atoms with E-state index < -0.39 is 0 Å². The van der Waals surface area contributed by atoms with Gasteiger partial charge in [-0.1, -0.05) is 19.3 Å². The second-order valence-corrected chi connectivity index (χ2v) is 5.91. The number of nitrogens with one attached hydrogen (secondary N) is 1. The topological polar surface area (TPSA) is 32.3 Å². The van der Waals surface area contributed by atoms with Crippen LogP contribution in [0.3, 0.4) is 0 Å². The molecule has 0 radical (unpaired) electrons. The van der Waals surface area contributed by atoms with Crippen molar-refractivity contribution in [2.75, 3.05) is 0 Å². The van der Waals surface area contributed by atoms with E-state index in [1.165, 1.54) is 32.1 Å². The van der Waals surface area contributed by atoms with Crippen molar-refractivity contribution in [1.29, 1.82) is 0 Å². The van der Waals surface area contributed by atoms with E-state index in [0.29, 0.717) is 0 Å². The molecular formula is C12H23NO. The Bertz CT molecular complexity index is 206. The number of aliphatic hydroxyl groups is 1. The Morgan fingerprint density at radius 2 is 1.71 bits per heavy atom. The zero-order valence-corrected chi connectivity index (χ0v) is 9.47. The molecule has 2 heteroatoms. The van der Waals surface area contributed by atoms with Gasteiger partial charge in [-0.25, -0.2) is 0 Å². The minimum atomic E-state index is -0.0932. The molecule has 2 rings (SSSR count). The van der Waals surface area contributed by atoms with Crippen molar-refractivity contribution in [3.05, 3.63) is 0 Å². The summed E-state index contributed by atoms with van der Waals surface area (Å²) in [7, 11) is 0. The van der Waals surface area contributed by atoms with Crippen molar-refractivity contribution in [2.24, 2.45) is 0 Å². The molecule has 2 aliphatic rings. The third-order valence-electron chi connectivity index (χ3n) is 3.79. The number of hydrogen-bond donors (Lipinski definition) is 2. The maximum Gasteiger partial charge on any atom is 0.0575 e. The Hall–Kier alpha value is -0.0800. The van der Waals surface area contributed by atoms with E-state index in [1.807, 2.05) is 0 Å². The molecule has 1 saturated carbocycles. The summed E-state index contributed by atoms with van der Waals surface area (Å²) < 4.78 is 0. The van der Waals surface area contributed by atoms with Gasteiger partial charge < -0.3 is 10.4 Å². The molecule has 1 atom stereocenters. The predicted octanol–water partition coefficient (Wildman–Crippen LogP) is 2.21. The first-order chi connectivity index (χ1) is 6.52. The molecule has 2 N–H and O–H groups in total. The molecule has 1 unspecified atom stereocenters. The van der Waals surface area contributed by atoms with Crippen LogP contribution in [0.25, 0.3) is 0 Å². The minimum Gasteiger partial charge on any atom is -0.393 e. The maximum absolute atomic E-state index is 9.92. The van der Waals surface area contributed by atoms with Gasteiger partial charge in [-0.2, -0.15) is 0 Å². The fourth-order valence-corrected chi connectivity index (χ4v) is 3.49. The fraction of sp³-hybridized carbons (Fsp3) is 1.00. The summed E-state index contributed by atoms with van der Waals surface area (Å²) >= 11 is 0. The minimum absolute atomic E-state index is 0.0932. The average molecular weight is 197 g/mol. The quantitative estimate of drug-likeness (QED) is 0.624. The van der Waals surface area contributed by atoms with Crippen LogP contribution in [-0.2, 0) is 0 Å². The van der Waals surface area contributed by atoms with Crippen LogP contribution in [0.1, 0.15) is 58.8 Å². The Kier molecular flexibility index (Phi) is 2.61. The Morgan fingerprint density at radius 3 is 2.29 bits per heavy atom. The number of piperidine rings is 1. The normalized spacial score (nSPS) is 35.8. The standard InChI is InChI=1S/C12H23NO/c1-11(2)8-10(14)9-12(13-11)6-4-3-5-7-12/h10,13-14H,3-9H2,1-2H3. The summed E-state index contributed by atoms with van der Waals surface area (Å²) in [5, 5.41) is 13.7. The van der Waals surface area contributed by atoms with Gasteiger partial charge in [0, 0.05) is 11.1 Å². The van der Waals surface area contributed by atoms with Crippen LogP contribution >= 0.6 is 0 Å². The molecular weight excluding hydrogens is 174 g/mol. The van der Waals surface area contributed by atoms with Crippen LogP contribution < -0.4 is 5.32 Å². The second kappa shape index (κ2) is 3.49. The highest BCUT2D eigenvalue weighted by molar-refractivity contribution is 5.02. The SMILES string of the molecule is CC1(C)CC(O)CC2(CCCCC2)N1. The largest absolute Gasteiger partial charge is 0.393 e. The Labute approximate surface area is 87.1 Å². The van der Waals surface area contributed by atoms with Crippen molar-refractivity contribution in [2.45, 2.75) is 76.0 Å². The summed E-state index contributed by atoms with van der Waals surface area (Å²) in [6.07, 6.45) is 8.32. The van der Waals surface area contributed by atoms with E-state index in [1.54, 1.807) is 0 Å². The summed E-state index contributed by atoms with van der Waals surface area (Å²) in [5.74, 6) is 0. The highest BCUT2D eigenvalue weighted by Crippen LogP contribution is 2.38. The molecule has 2 nitrogen and oxygen atoms in total. The van der Waals surface area contributed by atoms with Crippen LogP contribution in [0.5, 0.6) is 0 Å². The summed E-state index contributed by atoms with van der Waals surface area (Å²) in [6.45, 7) is 4.43. The van der Waals surface area contributed by atoms with Crippen molar-refractivity contribution < 1.29 is 5.11 Å². The lowest BCUT2D eigenvalue weighted by atomic mass is 9.71. The van der Waals surface area contributed by atoms with Crippen LogP contribution in [-0.4, -0.2) is 22.3 Å². The van der Waals surface area contributed by atoms with Crippen molar-refractivity contribution in [1.82, 2.24) is 5.32 Å². The fourth-order valence-electron chi connectivity index (χ4n) is 3.49. The number of rotatable bonds is 0. The Morgan fingerprint density at radius 1 is 1.07 bits per heavy atom. The third-order valence-corrected chi connectivity index (χ3v) is 3.79. The molecule has 0 aromatic heterocycles. The van der Waals surface area contributed by atoms with Crippen LogP contribution in [0.4, 0.5) is 0 Å². The van der Waals surface area contributed by atoms with Gasteiger partial charge in [0.05, 0.1) is 6.10 Å². The first kappa shape index (κ1) is 10.4. The molecule has 1 aliphatic heterocycles. The molecule has 0 aromatic carbocycles. The molecule has 1 saturated heterocycles. The van der Waals surface area contributed by atoms with E-state index in [0.717, 1.165) is 12.8 Å². The lowest BCUT2D eigenvalue weighted by Gasteiger charge is -2.50. The highest BCUT2D eigenvalue weighted by atomic mass is 16.3. The zero-order valence-electron chi connectivity index (χ0n) is 9.47.